The monoisotopic (exact) mass is 329 g/mol. The lowest BCUT2D eigenvalue weighted by molar-refractivity contribution is 0.0472. The molecule has 0 bridgehead atoms. The van der Waals surface area contributed by atoms with Crippen LogP contribution in [0.15, 0.2) is 42.7 Å². The number of methoxy groups -OCH3 is 1. The van der Waals surface area contributed by atoms with Crippen molar-refractivity contribution in [2.45, 2.75) is 26.9 Å². The molecule has 5 nitrogen and oxygen atoms in total. The molecule has 0 aliphatic heterocycles. The van der Waals surface area contributed by atoms with Crippen molar-refractivity contribution in [2.75, 3.05) is 13.7 Å². The average molecular weight is 329 g/mol. The van der Waals surface area contributed by atoms with E-state index < -0.39 is 5.97 Å². The number of nitrogens with zero attached hydrogens (tertiary/aromatic N) is 1. The molecule has 1 heterocycles. The average Bonchev–Trinajstić information content (AvgIpc) is 2.60. The summed E-state index contributed by atoms with van der Waals surface area (Å²) in [4.78, 5) is 16.1. The van der Waals surface area contributed by atoms with Gasteiger partial charge in [0, 0.05) is 18.0 Å². The predicted molar refractivity (Wildman–Crippen MR) is 91.3 cm³/mol. The molecule has 0 aliphatic carbocycles. The van der Waals surface area contributed by atoms with Crippen LogP contribution in [0.1, 0.15) is 36.2 Å². The first kappa shape index (κ1) is 17.8. The second-order valence-corrected chi connectivity index (χ2v) is 5.83. The zero-order valence-electron chi connectivity index (χ0n) is 14.3. The van der Waals surface area contributed by atoms with Crippen LogP contribution in [0.5, 0.6) is 11.5 Å². The number of carbonyl (C=O) groups is 1. The van der Waals surface area contributed by atoms with Crippen molar-refractivity contribution in [1.29, 1.82) is 0 Å². The molecule has 0 unspecified atom stereocenters. The Bertz CT molecular complexity index is 656. The van der Waals surface area contributed by atoms with E-state index in [4.69, 9.17) is 14.2 Å². The third-order valence-corrected chi connectivity index (χ3v) is 3.44. The van der Waals surface area contributed by atoms with E-state index in [1.807, 2.05) is 6.07 Å². The zero-order chi connectivity index (χ0) is 17.4. The lowest BCUT2D eigenvalue weighted by atomic mass is 10.1. The largest absolute Gasteiger partial charge is 0.493 e. The number of pyridine rings is 1. The van der Waals surface area contributed by atoms with Crippen molar-refractivity contribution in [1.82, 2.24) is 4.98 Å². The molecule has 0 N–H and O–H groups in total. The number of benzene rings is 1. The Hall–Kier alpha value is -2.56. The Morgan fingerprint density at radius 2 is 2.04 bits per heavy atom. The maximum atomic E-state index is 12.2. The number of esters is 1. The Balaban J connectivity index is 1.98. The number of aromatic nitrogens is 1. The Labute approximate surface area is 142 Å². The molecule has 0 fully saturated rings. The highest BCUT2D eigenvalue weighted by molar-refractivity contribution is 5.90. The quantitative estimate of drug-likeness (QED) is 0.688. The third-order valence-electron chi connectivity index (χ3n) is 3.44. The summed E-state index contributed by atoms with van der Waals surface area (Å²) in [5, 5.41) is 0. The molecule has 24 heavy (non-hydrogen) atoms. The van der Waals surface area contributed by atoms with E-state index in [0.717, 1.165) is 12.0 Å². The number of hydrogen-bond donors (Lipinski definition) is 0. The van der Waals surface area contributed by atoms with Gasteiger partial charge in [-0.25, -0.2) is 4.79 Å². The topological polar surface area (TPSA) is 57.7 Å². The maximum Gasteiger partial charge on any atom is 0.338 e. The molecular formula is C19H23NO4. The first-order valence-corrected chi connectivity index (χ1v) is 7.97. The Morgan fingerprint density at radius 3 is 2.71 bits per heavy atom. The van der Waals surface area contributed by atoms with Crippen LogP contribution in [0, 0.1) is 5.92 Å². The fourth-order valence-corrected chi connectivity index (χ4v) is 2.03. The fourth-order valence-electron chi connectivity index (χ4n) is 2.03. The van der Waals surface area contributed by atoms with Gasteiger partial charge in [0.2, 0.25) is 0 Å². The standard InChI is InChI=1S/C19H23NO4/c1-14(2)8-10-23-17-7-6-16(11-18(17)22-3)19(21)24-13-15-5-4-9-20-12-15/h4-7,9,11-12,14H,8,10,13H2,1-3H3. The van der Waals surface area contributed by atoms with Gasteiger partial charge in [0.1, 0.15) is 6.61 Å². The molecule has 128 valence electrons. The van der Waals surface area contributed by atoms with Gasteiger partial charge in [-0.3, -0.25) is 4.98 Å². The normalized spacial score (nSPS) is 10.5. The lowest BCUT2D eigenvalue weighted by Gasteiger charge is -2.13. The van der Waals surface area contributed by atoms with E-state index in [0.29, 0.717) is 29.6 Å². The van der Waals surface area contributed by atoms with Gasteiger partial charge in [-0.05, 0) is 36.6 Å². The molecule has 0 saturated heterocycles. The molecule has 0 spiro atoms. The summed E-state index contributed by atoms with van der Waals surface area (Å²) in [6, 6.07) is 8.71. The van der Waals surface area contributed by atoms with E-state index in [9.17, 15) is 4.79 Å². The molecule has 2 rings (SSSR count). The summed E-state index contributed by atoms with van der Waals surface area (Å²) in [5.74, 6) is 1.31. The van der Waals surface area contributed by atoms with Gasteiger partial charge in [0.25, 0.3) is 0 Å². The highest BCUT2D eigenvalue weighted by Crippen LogP contribution is 2.28. The van der Waals surface area contributed by atoms with Gasteiger partial charge in [-0.1, -0.05) is 19.9 Å². The maximum absolute atomic E-state index is 12.2. The van der Waals surface area contributed by atoms with Gasteiger partial charge in [0.15, 0.2) is 11.5 Å². The molecule has 0 radical (unpaired) electrons. The summed E-state index contributed by atoms with van der Waals surface area (Å²) >= 11 is 0. The minimum atomic E-state index is -0.411. The highest BCUT2D eigenvalue weighted by atomic mass is 16.5. The van der Waals surface area contributed by atoms with Gasteiger partial charge < -0.3 is 14.2 Å². The summed E-state index contributed by atoms with van der Waals surface area (Å²) in [7, 11) is 1.55. The van der Waals surface area contributed by atoms with Crippen molar-refractivity contribution in [2.24, 2.45) is 5.92 Å². The van der Waals surface area contributed by atoms with Crippen LogP contribution in [0.4, 0.5) is 0 Å². The molecule has 2 aromatic rings. The van der Waals surface area contributed by atoms with Gasteiger partial charge in [-0.2, -0.15) is 0 Å². The highest BCUT2D eigenvalue weighted by Gasteiger charge is 2.13. The third kappa shape index (κ3) is 5.26. The number of hydrogen-bond acceptors (Lipinski definition) is 5. The van der Waals surface area contributed by atoms with Crippen LogP contribution in [0.25, 0.3) is 0 Å². The summed E-state index contributed by atoms with van der Waals surface area (Å²) in [5.41, 5.74) is 1.26. The SMILES string of the molecule is COc1cc(C(=O)OCc2cccnc2)ccc1OCCC(C)C. The zero-order valence-corrected chi connectivity index (χ0v) is 14.3. The fraction of sp³-hybridized carbons (Fsp3) is 0.368. The minimum absolute atomic E-state index is 0.182. The molecule has 1 aromatic carbocycles. The smallest absolute Gasteiger partial charge is 0.338 e. The van der Waals surface area contributed by atoms with Crippen LogP contribution in [-0.4, -0.2) is 24.7 Å². The molecule has 0 aliphatic rings. The summed E-state index contributed by atoms with van der Waals surface area (Å²) in [6.07, 6.45) is 4.30. The van der Waals surface area contributed by atoms with Crippen molar-refractivity contribution < 1.29 is 19.0 Å². The first-order valence-electron chi connectivity index (χ1n) is 7.97. The van der Waals surface area contributed by atoms with Gasteiger partial charge >= 0.3 is 5.97 Å². The first-order chi connectivity index (χ1) is 11.6. The van der Waals surface area contributed by atoms with Crippen molar-refractivity contribution >= 4 is 5.97 Å². The molecule has 5 heteroatoms. The number of carbonyl (C=O) groups excluding carboxylic acids is 1. The van der Waals surface area contributed by atoms with Crippen molar-refractivity contribution in [3.63, 3.8) is 0 Å². The van der Waals surface area contributed by atoms with Gasteiger partial charge in [-0.15, -0.1) is 0 Å². The van der Waals surface area contributed by atoms with Gasteiger partial charge in [0.05, 0.1) is 19.3 Å². The molecule has 1 aromatic heterocycles. The van der Waals surface area contributed by atoms with Crippen molar-refractivity contribution in [3.05, 3.63) is 53.9 Å². The summed E-state index contributed by atoms with van der Waals surface area (Å²) in [6.45, 7) is 5.07. The number of rotatable bonds is 8. The second-order valence-electron chi connectivity index (χ2n) is 5.83. The Kier molecular flexibility index (Phi) is 6.61. The molecule has 0 amide bonds. The van der Waals surface area contributed by atoms with E-state index >= 15 is 0 Å². The van der Waals surface area contributed by atoms with E-state index in [-0.39, 0.29) is 6.61 Å². The second kappa shape index (κ2) is 8.91. The molecule has 0 saturated carbocycles. The van der Waals surface area contributed by atoms with Crippen LogP contribution in [0.2, 0.25) is 0 Å². The molecular weight excluding hydrogens is 306 g/mol. The van der Waals surface area contributed by atoms with Crippen LogP contribution in [0.3, 0.4) is 0 Å². The van der Waals surface area contributed by atoms with Crippen LogP contribution in [-0.2, 0) is 11.3 Å². The lowest BCUT2D eigenvalue weighted by Crippen LogP contribution is -2.07. The van der Waals surface area contributed by atoms with E-state index in [2.05, 4.69) is 18.8 Å². The minimum Gasteiger partial charge on any atom is -0.493 e. The Morgan fingerprint density at radius 1 is 1.21 bits per heavy atom. The predicted octanol–water partition coefficient (Wildman–Crippen LogP) is 3.87. The van der Waals surface area contributed by atoms with E-state index in [1.54, 1.807) is 43.8 Å². The van der Waals surface area contributed by atoms with Crippen LogP contribution >= 0.6 is 0 Å². The van der Waals surface area contributed by atoms with Crippen molar-refractivity contribution in [3.8, 4) is 11.5 Å². The summed E-state index contributed by atoms with van der Waals surface area (Å²) < 4.78 is 16.3. The van der Waals surface area contributed by atoms with E-state index in [1.165, 1.54) is 0 Å². The molecule has 0 atom stereocenters. The number of ether oxygens (including phenoxy) is 3. The van der Waals surface area contributed by atoms with Crippen LogP contribution < -0.4 is 9.47 Å².